The van der Waals surface area contributed by atoms with E-state index in [1.807, 2.05) is 0 Å². The van der Waals surface area contributed by atoms with Crippen molar-refractivity contribution in [3.05, 3.63) is 17.6 Å². The maximum atomic E-state index is 9.03. The summed E-state index contributed by atoms with van der Waals surface area (Å²) in [7, 11) is 0. The van der Waals surface area contributed by atoms with E-state index in [4.69, 9.17) is 5.11 Å². The average molecular weight is 151 g/mol. The van der Waals surface area contributed by atoms with Gasteiger partial charge in [0.05, 0.1) is 6.61 Å². The molecule has 1 heteroatoms. The number of hydrogen-bond acceptors (Lipinski definition) is 1. The van der Waals surface area contributed by atoms with Crippen molar-refractivity contribution < 1.29 is 5.11 Å². The molecule has 0 aromatic rings. The molecule has 11 heavy (non-hydrogen) atoms. The molecule has 1 unspecified atom stereocenters. The van der Waals surface area contributed by atoms with Crippen molar-refractivity contribution in [2.75, 3.05) is 6.61 Å². The second-order valence-corrected chi connectivity index (χ2v) is 4.22. The maximum absolute atomic E-state index is 9.03. The average Bonchev–Trinajstić information content (AvgIpc) is 2.04. The van der Waals surface area contributed by atoms with Crippen LogP contribution in [-0.2, 0) is 0 Å². The van der Waals surface area contributed by atoms with Gasteiger partial charge in [-0.05, 0) is 29.7 Å². The molecule has 0 amide bonds. The van der Waals surface area contributed by atoms with Crippen LogP contribution < -0.4 is 0 Å². The maximum Gasteiger partial charge on any atom is 0.0647 e. The van der Waals surface area contributed by atoms with E-state index in [2.05, 4.69) is 19.9 Å². The number of aliphatic hydroxyl groups excluding tert-OH is 1. The van der Waals surface area contributed by atoms with Gasteiger partial charge in [0.2, 0.25) is 0 Å². The summed E-state index contributed by atoms with van der Waals surface area (Å²) in [6, 6.07) is 0. The van der Waals surface area contributed by atoms with Crippen LogP contribution in [0, 0.1) is 17.3 Å². The zero-order valence-corrected chi connectivity index (χ0v) is 7.22. The van der Waals surface area contributed by atoms with Crippen LogP contribution in [0.2, 0.25) is 0 Å². The molecule has 0 saturated heterocycles. The van der Waals surface area contributed by atoms with Crippen LogP contribution in [-0.4, -0.2) is 11.7 Å². The van der Waals surface area contributed by atoms with Gasteiger partial charge in [0.15, 0.2) is 0 Å². The molecule has 0 heterocycles. The second kappa shape index (κ2) is 2.10. The Morgan fingerprint density at radius 2 is 2.36 bits per heavy atom. The van der Waals surface area contributed by atoms with E-state index >= 15 is 0 Å². The molecule has 2 bridgehead atoms. The minimum atomic E-state index is 0.242. The lowest BCUT2D eigenvalue weighted by Gasteiger charge is -2.55. The summed E-state index contributed by atoms with van der Waals surface area (Å²) in [5.74, 6) is 2.35. The van der Waals surface area contributed by atoms with Gasteiger partial charge in [-0.3, -0.25) is 0 Å². The zero-order valence-electron chi connectivity index (χ0n) is 7.22. The molecular weight excluding hydrogens is 136 g/mol. The first-order valence-corrected chi connectivity index (χ1v) is 4.33. The Labute approximate surface area is 68.1 Å². The summed E-state index contributed by atoms with van der Waals surface area (Å²) in [4.78, 5) is 0. The highest BCUT2D eigenvalue weighted by atomic mass is 16.3. The Morgan fingerprint density at radius 3 is 2.73 bits per heavy atom. The molecule has 0 aromatic heterocycles. The molecule has 61 valence electrons. The van der Waals surface area contributed by atoms with Crippen molar-refractivity contribution in [2.24, 2.45) is 11.3 Å². The van der Waals surface area contributed by atoms with E-state index in [-0.39, 0.29) is 6.61 Å². The van der Waals surface area contributed by atoms with Gasteiger partial charge in [0.1, 0.15) is 0 Å². The van der Waals surface area contributed by atoms with Crippen molar-refractivity contribution in [1.82, 2.24) is 0 Å². The number of allylic oxidation sites excluding steroid dienone is 1. The van der Waals surface area contributed by atoms with Crippen molar-refractivity contribution >= 4 is 0 Å². The summed E-state index contributed by atoms with van der Waals surface area (Å²) in [5, 5.41) is 9.03. The molecular formula is C10H15O. The topological polar surface area (TPSA) is 20.2 Å². The Hall–Kier alpha value is -0.300. The predicted octanol–water partition coefficient (Wildman–Crippen LogP) is 1.93. The molecule has 1 fully saturated rings. The van der Waals surface area contributed by atoms with Crippen LogP contribution in [0.15, 0.2) is 11.6 Å². The molecule has 1 atom stereocenters. The van der Waals surface area contributed by atoms with Crippen molar-refractivity contribution in [2.45, 2.75) is 26.7 Å². The Kier molecular flexibility index (Phi) is 1.40. The van der Waals surface area contributed by atoms with Gasteiger partial charge in [-0.1, -0.05) is 19.9 Å². The van der Waals surface area contributed by atoms with Crippen LogP contribution in [0.25, 0.3) is 0 Å². The number of rotatable bonds is 1. The lowest BCUT2D eigenvalue weighted by molar-refractivity contribution is 0.104. The molecule has 3 rings (SSSR count). The van der Waals surface area contributed by atoms with Gasteiger partial charge >= 0.3 is 0 Å². The summed E-state index contributed by atoms with van der Waals surface area (Å²) in [6.45, 7) is 4.82. The number of fused-ring (bicyclic) bond motifs is 1. The summed E-state index contributed by atoms with van der Waals surface area (Å²) < 4.78 is 0. The fraction of sp³-hybridized carbons (Fsp3) is 0.700. The number of aliphatic hydroxyl groups is 1. The lowest BCUT2D eigenvalue weighted by Crippen LogP contribution is -2.47. The first kappa shape index (κ1) is 7.35. The van der Waals surface area contributed by atoms with Gasteiger partial charge in [-0.25, -0.2) is 0 Å². The van der Waals surface area contributed by atoms with E-state index in [9.17, 15) is 0 Å². The highest BCUT2D eigenvalue weighted by Gasteiger charge is 2.51. The van der Waals surface area contributed by atoms with Crippen molar-refractivity contribution in [3.63, 3.8) is 0 Å². The minimum absolute atomic E-state index is 0.242. The van der Waals surface area contributed by atoms with E-state index in [1.165, 1.54) is 24.3 Å². The first-order chi connectivity index (χ1) is 5.16. The Balaban J connectivity index is 2.23. The van der Waals surface area contributed by atoms with Crippen LogP contribution in [0.5, 0.6) is 0 Å². The molecule has 1 radical (unpaired) electrons. The van der Waals surface area contributed by atoms with Gasteiger partial charge in [-0.15, -0.1) is 0 Å². The molecule has 1 N–H and O–H groups in total. The van der Waals surface area contributed by atoms with E-state index in [1.54, 1.807) is 0 Å². The van der Waals surface area contributed by atoms with Crippen molar-refractivity contribution in [1.29, 1.82) is 0 Å². The van der Waals surface area contributed by atoms with Crippen molar-refractivity contribution in [3.8, 4) is 0 Å². The molecule has 3 aliphatic rings. The molecule has 3 aliphatic carbocycles. The zero-order chi connectivity index (χ0) is 8.06. The fourth-order valence-corrected chi connectivity index (χ4v) is 2.37. The summed E-state index contributed by atoms with van der Waals surface area (Å²) in [6.07, 6.45) is 4.61. The van der Waals surface area contributed by atoms with Gasteiger partial charge in [0.25, 0.3) is 0 Å². The Bertz CT molecular complexity index is 203. The quantitative estimate of drug-likeness (QED) is 0.607. The number of hydrogen-bond donors (Lipinski definition) is 1. The van der Waals surface area contributed by atoms with E-state index in [0.717, 1.165) is 5.92 Å². The fourth-order valence-electron chi connectivity index (χ4n) is 2.37. The Morgan fingerprint density at radius 1 is 1.64 bits per heavy atom. The third-order valence-electron chi connectivity index (χ3n) is 3.46. The second-order valence-electron chi connectivity index (χ2n) is 4.22. The molecule has 0 aliphatic heterocycles. The molecule has 0 spiro atoms. The summed E-state index contributed by atoms with van der Waals surface area (Å²) >= 11 is 0. The van der Waals surface area contributed by atoms with Crippen LogP contribution >= 0.6 is 0 Å². The predicted molar refractivity (Wildman–Crippen MR) is 44.9 cm³/mol. The standard InChI is InChI=1S/C10H15O/c1-10(2)8-4-3-7(6-11)9(10)5-8/h3,8,11H,4-6H2,1-2H3. The van der Waals surface area contributed by atoms with E-state index in [0.29, 0.717) is 5.41 Å². The first-order valence-electron chi connectivity index (χ1n) is 4.33. The minimum Gasteiger partial charge on any atom is -0.392 e. The van der Waals surface area contributed by atoms with E-state index < -0.39 is 0 Å². The van der Waals surface area contributed by atoms with Crippen LogP contribution in [0.1, 0.15) is 26.7 Å². The molecule has 1 nitrogen and oxygen atoms in total. The van der Waals surface area contributed by atoms with Crippen LogP contribution in [0.4, 0.5) is 0 Å². The van der Waals surface area contributed by atoms with Crippen LogP contribution in [0.3, 0.4) is 0 Å². The van der Waals surface area contributed by atoms with Gasteiger partial charge in [0, 0.05) is 5.92 Å². The lowest BCUT2D eigenvalue weighted by atomic mass is 9.49. The smallest absolute Gasteiger partial charge is 0.0647 e. The van der Waals surface area contributed by atoms with Gasteiger partial charge < -0.3 is 5.11 Å². The van der Waals surface area contributed by atoms with Gasteiger partial charge in [-0.2, -0.15) is 0 Å². The molecule has 0 aromatic carbocycles. The summed E-state index contributed by atoms with van der Waals surface area (Å²) in [5.41, 5.74) is 1.60. The highest BCUT2D eigenvalue weighted by molar-refractivity contribution is 5.40. The monoisotopic (exact) mass is 151 g/mol. The largest absolute Gasteiger partial charge is 0.392 e. The molecule has 1 saturated carbocycles. The third-order valence-corrected chi connectivity index (χ3v) is 3.46. The highest BCUT2D eigenvalue weighted by Crippen LogP contribution is 2.60. The SMILES string of the molecule is CC1(C)[C]2CC1CC=C2CO. The third kappa shape index (κ3) is 0.807. The normalized spacial score (nSPS) is 34.5.